The first-order valence-electron chi connectivity index (χ1n) is 10.0. The SMILES string of the molecule is CCCCCCCCC/C=C/C(=O)N(C)C(C)c1ccc(S(C)(=O)=O)cc1. The van der Waals surface area contributed by atoms with E-state index in [-0.39, 0.29) is 11.9 Å². The van der Waals surface area contributed by atoms with E-state index in [2.05, 4.69) is 6.92 Å². The first-order valence-corrected chi connectivity index (χ1v) is 11.9. The number of likely N-dealkylation sites (N-methyl/N-ethyl adjacent to an activating group) is 1. The molecule has 1 atom stereocenters. The number of sulfone groups is 1. The number of amides is 1. The summed E-state index contributed by atoms with van der Waals surface area (Å²) in [5, 5.41) is 0. The van der Waals surface area contributed by atoms with E-state index in [1.165, 1.54) is 44.8 Å². The fraction of sp³-hybridized carbons (Fsp3) is 0.591. The molecule has 1 amide bonds. The predicted molar refractivity (Wildman–Crippen MR) is 112 cm³/mol. The lowest BCUT2D eigenvalue weighted by molar-refractivity contribution is -0.126. The van der Waals surface area contributed by atoms with Gasteiger partial charge in [-0.05, 0) is 43.5 Å². The summed E-state index contributed by atoms with van der Waals surface area (Å²) in [7, 11) is -1.43. The zero-order valence-corrected chi connectivity index (χ0v) is 18.1. The van der Waals surface area contributed by atoms with Gasteiger partial charge < -0.3 is 4.90 Å². The van der Waals surface area contributed by atoms with Crippen molar-refractivity contribution in [2.24, 2.45) is 0 Å². The molecule has 0 fully saturated rings. The van der Waals surface area contributed by atoms with Crippen molar-refractivity contribution in [1.29, 1.82) is 0 Å². The molecule has 0 heterocycles. The number of rotatable bonds is 12. The second kappa shape index (κ2) is 12.0. The Morgan fingerprint density at radius 3 is 2.15 bits per heavy atom. The fourth-order valence-corrected chi connectivity index (χ4v) is 3.56. The topological polar surface area (TPSA) is 54.5 Å². The van der Waals surface area contributed by atoms with Gasteiger partial charge >= 0.3 is 0 Å². The first-order chi connectivity index (χ1) is 12.8. The van der Waals surface area contributed by atoms with Crippen LogP contribution in [0.15, 0.2) is 41.3 Å². The van der Waals surface area contributed by atoms with Gasteiger partial charge in [0.25, 0.3) is 0 Å². The second-order valence-corrected chi connectivity index (χ2v) is 9.29. The number of benzene rings is 1. The lowest BCUT2D eigenvalue weighted by Gasteiger charge is -2.24. The quantitative estimate of drug-likeness (QED) is 0.357. The molecule has 0 bridgehead atoms. The van der Waals surface area contributed by atoms with Crippen LogP contribution < -0.4 is 0 Å². The van der Waals surface area contributed by atoms with Crippen molar-refractivity contribution in [1.82, 2.24) is 4.90 Å². The third-order valence-electron chi connectivity index (χ3n) is 4.95. The Morgan fingerprint density at radius 1 is 1.04 bits per heavy atom. The van der Waals surface area contributed by atoms with E-state index >= 15 is 0 Å². The van der Waals surface area contributed by atoms with Gasteiger partial charge in [-0.3, -0.25) is 4.79 Å². The third-order valence-corrected chi connectivity index (χ3v) is 6.08. The van der Waals surface area contributed by atoms with E-state index in [0.29, 0.717) is 4.90 Å². The number of carbonyl (C=O) groups is 1. The summed E-state index contributed by atoms with van der Waals surface area (Å²) < 4.78 is 23.1. The van der Waals surface area contributed by atoms with E-state index in [1.54, 1.807) is 42.3 Å². The number of carbonyl (C=O) groups excluding carboxylic acids is 1. The number of hydrogen-bond donors (Lipinski definition) is 0. The molecule has 0 radical (unpaired) electrons. The van der Waals surface area contributed by atoms with E-state index in [9.17, 15) is 13.2 Å². The molecule has 0 N–H and O–H groups in total. The Hall–Kier alpha value is -1.62. The molecular weight excluding hydrogens is 358 g/mol. The van der Waals surface area contributed by atoms with Crippen LogP contribution in [0.2, 0.25) is 0 Å². The molecule has 27 heavy (non-hydrogen) atoms. The van der Waals surface area contributed by atoms with Crippen LogP contribution in [-0.2, 0) is 14.6 Å². The largest absolute Gasteiger partial charge is 0.335 e. The first kappa shape index (κ1) is 23.4. The van der Waals surface area contributed by atoms with Crippen LogP contribution in [-0.4, -0.2) is 32.5 Å². The lowest BCUT2D eigenvalue weighted by Crippen LogP contribution is -2.28. The Kier molecular flexibility index (Phi) is 10.4. The van der Waals surface area contributed by atoms with Crippen LogP contribution in [0.4, 0.5) is 0 Å². The molecule has 0 aliphatic carbocycles. The molecule has 1 unspecified atom stereocenters. The highest BCUT2D eigenvalue weighted by molar-refractivity contribution is 7.90. The maximum atomic E-state index is 12.3. The summed E-state index contributed by atoms with van der Waals surface area (Å²) in [5.74, 6) is -0.0300. The zero-order valence-electron chi connectivity index (χ0n) is 17.3. The molecule has 4 nitrogen and oxygen atoms in total. The maximum Gasteiger partial charge on any atom is 0.246 e. The van der Waals surface area contributed by atoms with Crippen molar-refractivity contribution in [3.05, 3.63) is 42.0 Å². The van der Waals surface area contributed by atoms with E-state index in [4.69, 9.17) is 0 Å². The minimum absolute atomic E-state index is 0.0300. The summed E-state index contributed by atoms with van der Waals surface area (Å²) in [6.45, 7) is 4.17. The van der Waals surface area contributed by atoms with Crippen LogP contribution in [0, 0.1) is 0 Å². The van der Waals surface area contributed by atoms with Gasteiger partial charge in [0.15, 0.2) is 9.84 Å². The van der Waals surface area contributed by atoms with Crippen LogP contribution in [0.1, 0.15) is 76.8 Å². The Morgan fingerprint density at radius 2 is 1.59 bits per heavy atom. The molecule has 0 spiro atoms. The normalized spacial score (nSPS) is 13.0. The number of unbranched alkanes of at least 4 members (excludes halogenated alkanes) is 7. The van der Waals surface area contributed by atoms with Crippen molar-refractivity contribution in [2.45, 2.75) is 76.2 Å². The smallest absolute Gasteiger partial charge is 0.246 e. The third kappa shape index (κ3) is 8.74. The van der Waals surface area contributed by atoms with Crippen molar-refractivity contribution in [2.75, 3.05) is 13.3 Å². The molecular formula is C22H35NO3S. The molecule has 1 aromatic carbocycles. The second-order valence-electron chi connectivity index (χ2n) is 7.28. The number of hydrogen-bond acceptors (Lipinski definition) is 3. The van der Waals surface area contributed by atoms with Gasteiger partial charge in [-0.1, -0.05) is 63.7 Å². The lowest BCUT2D eigenvalue weighted by atomic mass is 10.1. The van der Waals surface area contributed by atoms with Crippen LogP contribution in [0.3, 0.4) is 0 Å². The zero-order chi connectivity index (χ0) is 20.3. The summed E-state index contributed by atoms with van der Waals surface area (Å²) in [5.41, 5.74) is 0.915. The van der Waals surface area contributed by atoms with Crippen LogP contribution in [0.5, 0.6) is 0 Å². The van der Waals surface area contributed by atoms with Crippen molar-refractivity contribution < 1.29 is 13.2 Å². The highest BCUT2D eigenvalue weighted by atomic mass is 32.2. The Balaban J connectivity index is 2.41. The maximum absolute atomic E-state index is 12.3. The van der Waals surface area contributed by atoms with Crippen molar-refractivity contribution in [3.63, 3.8) is 0 Å². The molecule has 1 aromatic rings. The molecule has 1 rings (SSSR count). The summed E-state index contributed by atoms with van der Waals surface area (Å²) in [6.07, 6.45) is 14.6. The number of allylic oxidation sites excluding steroid dienone is 1. The molecule has 0 saturated carbocycles. The Labute approximate surface area is 165 Å². The van der Waals surface area contributed by atoms with Crippen molar-refractivity contribution >= 4 is 15.7 Å². The highest BCUT2D eigenvalue weighted by Gasteiger charge is 2.16. The molecule has 0 aromatic heterocycles. The van der Waals surface area contributed by atoms with Gasteiger partial charge in [0.2, 0.25) is 5.91 Å². The minimum Gasteiger partial charge on any atom is -0.335 e. The molecule has 0 saturated heterocycles. The molecule has 152 valence electrons. The molecule has 5 heteroatoms. The average Bonchev–Trinajstić information content (AvgIpc) is 2.64. The van der Waals surface area contributed by atoms with Gasteiger partial charge in [0.05, 0.1) is 10.9 Å². The van der Waals surface area contributed by atoms with Crippen LogP contribution in [0.25, 0.3) is 0 Å². The van der Waals surface area contributed by atoms with Gasteiger partial charge in [-0.2, -0.15) is 0 Å². The standard InChI is InChI=1S/C22H35NO3S/c1-5-6-7-8-9-10-11-12-13-14-22(24)23(3)19(2)20-15-17-21(18-16-20)27(4,25)26/h13-19H,5-12H2,1-4H3/b14-13+. The number of nitrogens with zero attached hydrogens (tertiary/aromatic N) is 1. The van der Waals surface area contributed by atoms with E-state index in [0.717, 1.165) is 18.4 Å². The van der Waals surface area contributed by atoms with Crippen LogP contribution >= 0.6 is 0 Å². The monoisotopic (exact) mass is 393 g/mol. The minimum atomic E-state index is -3.20. The van der Waals surface area contributed by atoms with E-state index in [1.807, 2.05) is 13.0 Å². The molecule has 0 aliphatic rings. The predicted octanol–water partition coefficient (Wildman–Crippen LogP) is 5.31. The average molecular weight is 394 g/mol. The van der Waals surface area contributed by atoms with Crippen molar-refractivity contribution in [3.8, 4) is 0 Å². The Bertz CT molecular complexity index is 693. The molecule has 0 aliphatic heterocycles. The summed E-state index contributed by atoms with van der Waals surface area (Å²) >= 11 is 0. The van der Waals surface area contributed by atoms with Gasteiger partial charge in [0, 0.05) is 13.3 Å². The van der Waals surface area contributed by atoms with Gasteiger partial charge in [0.1, 0.15) is 0 Å². The van der Waals surface area contributed by atoms with Gasteiger partial charge in [-0.15, -0.1) is 0 Å². The summed E-state index contributed by atoms with van der Waals surface area (Å²) in [6, 6.07) is 6.61. The van der Waals surface area contributed by atoms with Gasteiger partial charge in [-0.25, -0.2) is 8.42 Å². The summed E-state index contributed by atoms with van der Waals surface area (Å²) in [4.78, 5) is 14.3. The fourth-order valence-electron chi connectivity index (χ4n) is 2.93. The highest BCUT2D eigenvalue weighted by Crippen LogP contribution is 2.21. The van der Waals surface area contributed by atoms with E-state index < -0.39 is 9.84 Å².